The van der Waals surface area contributed by atoms with Gasteiger partial charge in [0.2, 0.25) is 5.88 Å². The summed E-state index contributed by atoms with van der Waals surface area (Å²) in [5.74, 6) is 1.31. The highest BCUT2D eigenvalue weighted by molar-refractivity contribution is 5.74. The van der Waals surface area contributed by atoms with E-state index in [-0.39, 0.29) is 11.9 Å². The van der Waals surface area contributed by atoms with Gasteiger partial charge >= 0.3 is 0 Å². The third-order valence-corrected chi connectivity index (χ3v) is 7.39. The van der Waals surface area contributed by atoms with Crippen LogP contribution in [0.2, 0.25) is 0 Å². The first-order valence-electron chi connectivity index (χ1n) is 12.4. The molecule has 3 aliphatic rings. The van der Waals surface area contributed by atoms with E-state index in [2.05, 4.69) is 42.4 Å². The third-order valence-electron chi connectivity index (χ3n) is 7.39. The Bertz CT molecular complexity index is 1190. The van der Waals surface area contributed by atoms with Gasteiger partial charge in [0.1, 0.15) is 11.9 Å². The van der Waals surface area contributed by atoms with Crippen LogP contribution >= 0.6 is 0 Å². The number of nitrogen functional groups attached to an aromatic ring is 1. The van der Waals surface area contributed by atoms with Crippen molar-refractivity contribution in [3.63, 3.8) is 0 Å². The molecule has 2 bridgehead atoms. The molecule has 9 heteroatoms. The topological polar surface area (TPSA) is 113 Å². The number of rotatable bonds is 5. The van der Waals surface area contributed by atoms with Crippen LogP contribution in [-0.2, 0) is 0 Å². The fourth-order valence-corrected chi connectivity index (χ4v) is 5.70. The second kappa shape index (κ2) is 9.22. The summed E-state index contributed by atoms with van der Waals surface area (Å²) in [5.41, 5.74) is 9.60. The molecule has 3 fully saturated rings. The highest BCUT2D eigenvalue weighted by Crippen LogP contribution is 2.39. The van der Waals surface area contributed by atoms with Gasteiger partial charge in [-0.05, 0) is 63.0 Å². The number of pyridine rings is 1. The third kappa shape index (κ3) is 4.32. The van der Waals surface area contributed by atoms with Gasteiger partial charge in [0.25, 0.3) is 0 Å². The van der Waals surface area contributed by atoms with E-state index in [1.807, 2.05) is 24.4 Å². The first-order valence-corrected chi connectivity index (χ1v) is 12.4. The molecule has 3 saturated heterocycles. The Morgan fingerprint density at radius 3 is 2.51 bits per heavy atom. The Morgan fingerprint density at radius 1 is 0.971 bits per heavy atom. The van der Waals surface area contributed by atoms with Gasteiger partial charge in [-0.3, -0.25) is 0 Å². The van der Waals surface area contributed by atoms with E-state index in [1.54, 1.807) is 12.1 Å². The Labute approximate surface area is 204 Å². The largest absolute Gasteiger partial charge is 0.507 e. The lowest BCUT2D eigenvalue weighted by atomic mass is 10.1. The molecule has 9 nitrogen and oxygen atoms in total. The van der Waals surface area contributed by atoms with Gasteiger partial charge in [0.05, 0.1) is 11.4 Å². The van der Waals surface area contributed by atoms with E-state index in [4.69, 9.17) is 10.5 Å². The Hall–Kier alpha value is -3.59. The number of fused-ring (bicyclic) bond motifs is 2. The smallest absolute Gasteiger partial charge is 0.215 e. The van der Waals surface area contributed by atoms with Crippen LogP contribution in [0.1, 0.15) is 25.7 Å². The molecule has 0 saturated carbocycles. The van der Waals surface area contributed by atoms with E-state index < -0.39 is 0 Å². The molecule has 182 valence electrons. The minimum atomic E-state index is 0.183. The molecule has 4 N–H and O–H groups in total. The number of piperidine rings is 1. The summed E-state index contributed by atoms with van der Waals surface area (Å²) in [6, 6.07) is 14.0. The molecular weight excluding hydrogens is 442 g/mol. The lowest BCUT2D eigenvalue weighted by molar-refractivity contribution is 0.156. The molecule has 35 heavy (non-hydrogen) atoms. The number of nitrogens with one attached hydrogen (secondary N) is 1. The van der Waals surface area contributed by atoms with Gasteiger partial charge in [-0.25, -0.2) is 4.98 Å². The number of hydrogen-bond donors (Lipinski definition) is 3. The highest BCUT2D eigenvalue weighted by atomic mass is 16.5. The fraction of sp³-hybridized carbons (Fsp3) is 0.423. The summed E-state index contributed by atoms with van der Waals surface area (Å²) in [6.45, 7) is 3.68. The average Bonchev–Trinajstić information content (AvgIpc) is 3.15. The Balaban J connectivity index is 1.22. The number of aromatic hydroxyl groups is 1. The van der Waals surface area contributed by atoms with Crippen molar-refractivity contribution in [3.8, 4) is 22.9 Å². The monoisotopic (exact) mass is 473 g/mol. The fourth-order valence-electron chi connectivity index (χ4n) is 5.70. The maximum absolute atomic E-state index is 10.3. The van der Waals surface area contributed by atoms with Crippen molar-refractivity contribution in [1.29, 1.82) is 0 Å². The summed E-state index contributed by atoms with van der Waals surface area (Å²) < 4.78 is 6.21. The number of nitrogens with zero attached hydrogens (tertiary/aromatic N) is 5. The van der Waals surface area contributed by atoms with E-state index in [9.17, 15) is 5.11 Å². The molecule has 0 amide bonds. The van der Waals surface area contributed by atoms with Gasteiger partial charge in [-0.1, -0.05) is 12.1 Å². The van der Waals surface area contributed by atoms with Crippen molar-refractivity contribution in [2.24, 2.45) is 0 Å². The van der Waals surface area contributed by atoms with Gasteiger partial charge in [0, 0.05) is 48.7 Å². The van der Waals surface area contributed by atoms with Crippen LogP contribution in [0.4, 0.5) is 17.2 Å². The molecule has 6 rings (SSSR count). The van der Waals surface area contributed by atoms with E-state index in [0.717, 1.165) is 57.5 Å². The number of phenols is 1. The molecule has 3 aromatic rings. The molecule has 3 aliphatic heterocycles. The Kier molecular flexibility index (Phi) is 5.77. The van der Waals surface area contributed by atoms with Crippen molar-refractivity contribution in [3.05, 3.63) is 48.7 Å². The standard InChI is InChI=1S/C26H31N7O2/c27-26-23(14-22(30-31-26)21-3-1-2-4-24(21)34)32-15-18-5-6-19(16-32)33(18)17-7-12-29-25(13-17)35-20-8-10-28-11-9-20/h1-4,7,12-14,18-20,28,34H,5-6,8-11,15-16H2,(H2,27,31). The van der Waals surface area contributed by atoms with Gasteiger partial charge in [0.15, 0.2) is 5.82 Å². The van der Waals surface area contributed by atoms with Crippen LogP contribution < -0.4 is 25.6 Å². The maximum Gasteiger partial charge on any atom is 0.215 e. The van der Waals surface area contributed by atoms with Crippen molar-refractivity contribution in [2.45, 2.75) is 43.9 Å². The lowest BCUT2D eigenvalue weighted by Gasteiger charge is -2.43. The summed E-state index contributed by atoms with van der Waals surface area (Å²) in [5, 5.41) is 22.1. The zero-order chi connectivity index (χ0) is 23.8. The van der Waals surface area contributed by atoms with Gasteiger partial charge < -0.3 is 30.7 Å². The highest BCUT2D eigenvalue weighted by Gasteiger charge is 2.41. The number of hydrogen-bond acceptors (Lipinski definition) is 9. The molecule has 2 aromatic heterocycles. The Morgan fingerprint density at radius 2 is 1.74 bits per heavy atom. The van der Waals surface area contributed by atoms with Crippen LogP contribution in [0, 0.1) is 0 Å². The van der Waals surface area contributed by atoms with Crippen molar-refractivity contribution < 1.29 is 9.84 Å². The van der Waals surface area contributed by atoms with E-state index >= 15 is 0 Å². The van der Waals surface area contributed by atoms with Gasteiger partial charge in [-0.2, -0.15) is 0 Å². The zero-order valence-electron chi connectivity index (χ0n) is 19.7. The first kappa shape index (κ1) is 21.9. The second-order valence-corrected chi connectivity index (χ2v) is 9.63. The molecule has 0 radical (unpaired) electrons. The number of anilines is 3. The van der Waals surface area contributed by atoms with Crippen molar-refractivity contribution >= 4 is 17.2 Å². The number of para-hydroxylation sites is 1. The molecule has 5 heterocycles. The number of piperazine rings is 1. The maximum atomic E-state index is 10.3. The molecule has 2 atom stereocenters. The summed E-state index contributed by atoms with van der Waals surface area (Å²) in [7, 11) is 0. The number of phenolic OH excluding ortho intramolecular Hbond substituents is 1. The average molecular weight is 474 g/mol. The SMILES string of the molecule is Nc1nnc(-c2ccccc2O)cc1N1CC2CCC(C1)N2c1ccnc(OC2CCNCC2)c1. The van der Waals surface area contributed by atoms with E-state index in [0.29, 0.717) is 35.0 Å². The number of nitrogens with two attached hydrogens (primary N) is 1. The normalized spacial score (nSPS) is 22.4. The van der Waals surface area contributed by atoms with Crippen LogP contribution in [0.25, 0.3) is 11.3 Å². The predicted octanol–water partition coefficient (Wildman–Crippen LogP) is 2.81. The lowest BCUT2D eigenvalue weighted by Crippen LogP contribution is -2.54. The zero-order valence-corrected chi connectivity index (χ0v) is 19.7. The van der Waals surface area contributed by atoms with Crippen LogP contribution in [0.15, 0.2) is 48.7 Å². The predicted molar refractivity (Wildman–Crippen MR) is 136 cm³/mol. The molecule has 0 spiro atoms. The minimum Gasteiger partial charge on any atom is -0.507 e. The number of aromatic nitrogens is 3. The summed E-state index contributed by atoms with van der Waals surface area (Å²) >= 11 is 0. The first-order chi connectivity index (χ1) is 17.2. The molecule has 0 aliphatic carbocycles. The van der Waals surface area contributed by atoms with E-state index in [1.165, 1.54) is 5.69 Å². The summed E-state index contributed by atoms with van der Waals surface area (Å²) in [6.07, 6.45) is 6.37. The van der Waals surface area contributed by atoms with Crippen molar-refractivity contribution in [1.82, 2.24) is 20.5 Å². The molecule has 2 unspecified atom stereocenters. The minimum absolute atomic E-state index is 0.183. The quantitative estimate of drug-likeness (QED) is 0.515. The number of benzene rings is 1. The second-order valence-electron chi connectivity index (χ2n) is 9.63. The van der Waals surface area contributed by atoms with Gasteiger partial charge in [-0.15, -0.1) is 10.2 Å². The molecular formula is C26H31N7O2. The summed E-state index contributed by atoms with van der Waals surface area (Å²) in [4.78, 5) is 9.34. The van der Waals surface area contributed by atoms with Crippen molar-refractivity contribution in [2.75, 3.05) is 41.7 Å². The van der Waals surface area contributed by atoms with Crippen LogP contribution in [-0.4, -0.2) is 64.7 Å². The molecule has 1 aromatic carbocycles. The van der Waals surface area contributed by atoms with Crippen LogP contribution in [0.3, 0.4) is 0 Å². The van der Waals surface area contributed by atoms with Crippen LogP contribution in [0.5, 0.6) is 11.6 Å². The number of ether oxygens (including phenoxy) is 1.